The number of hydrogen-bond acceptors (Lipinski definition) is 5. The Hall–Kier alpha value is -2.45. The van der Waals surface area contributed by atoms with Crippen LogP contribution in [0.15, 0.2) is 52.2 Å². The zero-order chi connectivity index (χ0) is 17.5. The second kappa shape index (κ2) is 5.88. The first-order valence-corrected chi connectivity index (χ1v) is 9.31. The van der Waals surface area contributed by atoms with E-state index in [2.05, 4.69) is 4.72 Å². The van der Waals surface area contributed by atoms with Crippen LogP contribution in [0.5, 0.6) is 0 Å². The number of fused-ring (bicyclic) bond motifs is 1. The summed E-state index contributed by atoms with van der Waals surface area (Å²) in [6.45, 7) is 1.44. The smallest absolute Gasteiger partial charge is 0.302 e. The number of sulfonamides is 1. The van der Waals surface area contributed by atoms with Gasteiger partial charge in [0.05, 0.1) is 15.1 Å². The van der Waals surface area contributed by atoms with Gasteiger partial charge in [0.2, 0.25) is 0 Å². The summed E-state index contributed by atoms with van der Waals surface area (Å²) in [4.78, 5) is 22.8. The second-order valence-corrected chi connectivity index (χ2v) is 7.97. The number of thiazole rings is 1. The van der Waals surface area contributed by atoms with Crippen LogP contribution in [-0.4, -0.2) is 18.8 Å². The van der Waals surface area contributed by atoms with Crippen LogP contribution in [0.25, 0.3) is 10.2 Å². The number of aryl methyl sites for hydroxylation is 1. The lowest BCUT2D eigenvalue weighted by molar-refractivity contribution is 0.101. The van der Waals surface area contributed by atoms with E-state index in [9.17, 15) is 18.0 Å². The van der Waals surface area contributed by atoms with Gasteiger partial charge in [-0.15, -0.1) is 0 Å². The number of benzene rings is 2. The Kier molecular flexibility index (Phi) is 4.02. The van der Waals surface area contributed by atoms with Crippen LogP contribution >= 0.6 is 11.3 Å². The Labute approximate surface area is 142 Å². The Bertz CT molecular complexity index is 1090. The third-order valence-corrected chi connectivity index (χ3v) is 5.99. The number of Topliss-reactive ketones (excluding diaryl/α,β-unsaturated/α-hetero) is 1. The lowest BCUT2D eigenvalue weighted by atomic mass is 10.1. The van der Waals surface area contributed by atoms with Crippen LogP contribution in [0.2, 0.25) is 0 Å². The summed E-state index contributed by atoms with van der Waals surface area (Å²) in [6, 6.07) is 10.7. The Balaban J connectivity index is 1.95. The average Bonchev–Trinajstić information content (AvgIpc) is 2.82. The molecule has 0 unspecified atom stereocenters. The van der Waals surface area contributed by atoms with E-state index in [1.807, 2.05) is 0 Å². The van der Waals surface area contributed by atoms with Crippen molar-refractivity contribution < 1.29 is 13.2 Å². The number of nitrogens with zero attached hydrogens (tertiary/aromatic N) is 1. The van der Waals surface area contributed by atoms with Gasteiger partial charge in [-0.3, -0.25) is 14.3 Å². The lowest BCUT2D eigenvalue weighted by Crippen LogP contribution is -2.13. The predicted octanol–water partition coefficient (Wildman–Crippen LogP) is 2.60. The average molecular weight is 362 g/mol. The van der Waals surface area contributed by atoms with Crippen molar-refractivity contribution in [2.75, 3.05) is 4.72 Å². The molecule has 124 valence electrons. The Morgan fingerprint density at radius 1 is 1.12 bits per heavy atom. The number of ketones is 1. The minimum Gasteiger partial charge on any atom is -0.302 e. The van der Waals surface area contributed by atoms with Gasteiger partial charge in [-0.25, -0.2) is 8.42 Å². The zero-order valence-electron chi connectivity index (χ0n) is 12.9. The summed E-state index contributed by atoms with van der Waals surface area (Å²) in [5.41, 5.74) is 1.56. The van der Waals surface area contributed by atoms with Crippen molar-refractivity contribution in [3.8, 4) is 0 Å². The summed E-state index contributed by atoms with van der Waals surface area (Å²) in [5, 5.41) is 0. The largest absolute Gasteiger partial charge is 0.307 e. The van der Waals surface area contributed by atoms with E-state index in [1.165, 1.54) is 35.8 Å². The molecule has 0 atom stereocenters. The summed E-state index contributed by atoms with van der Waals surface area (Å²) in [5.74, 6) is -0.0890. The lowest BCUT2D eigenvalue weighted by Gasteiger charge is -2.08. The molecule has 1 N–H and O–H groups in total. The molecule has 0 fully saturated rings. The van der Waals surface area contributed by atoms with E-state index < -0.39 is 10.0 Å². The number of anilines is 1. The number of carbonyl (C=O) groups excluding carboxylic acids is 1. The highest BCUT2D eigenvalue weighted by molar-refractivity contribution is 7.92. The fourth-order valence-corrected chi connectivity index (χ4v) is 4.35. The van der Waals surface area contributed by atoms with Crippen LogP contribution in [0.3, 0.4) is 0 Å². The van der Waals surface area contributed by atoms with Crippen molar-refractivity contribution in [2.24, 2.45) is 7.05 Å². The van der Waals surface area contributed by atoms with Crippen LogP contribution in [0, 0.1) is 0 Å². The standard InChI is InChI=1S/C16H14N2O4S2/c1-10(19)11-3-5-12(6-4-11)17-24(21,22)13-7-8-14-15(9-13)23-16(20)18(14)2/h3-9,17H,1-2H3. The highest BCUT2D eigenvalue weighted by Gasteiger charge is 2.16. The first-order chi connectivity index (χ1) is 11.3. The molecule has 0 spiro atoms. The molecule has 1 aromatic heterocycles. The quantitative estimate of drug-likeness (QED) is 0.723. The highest BCUT2D eigenvalue weighted by Crippen LogP contribution is 2.23. The molecule has 0 aliphatic carbocycles. The van der Waals surface area contributed by atoms with E-state index in [0.717, 1.165) is 11.3 Å². The normalized spacial score (nSPS) is 11.6. The van der Waals surface area contributed by atoms with Gasteiger partial charge >= 0.3 is 4.87 Å². The van der Waals surface area contributed by atoms with E-state index in [1.54, 1.807) is 25.2 Å². The molecular weight excluding hydrogens is 348 g/mol. The van der Waals surface area contributed by atoms with Crippen molar-refractivity contribution >= 4 is 43.0 Å². The molecule has 8 heteroatoms. The van der Waals surface area contributed by atoms with Crippen molar-refractivity contribution in [1.82, 2.24) is 4.57 Å². The number of hydrogen-bond donors (Lipinski definition) is 1. The minimum atomic E-state index is -3.78. The molecule has 6 nitrogen and oxygen atoms in total. The number of aromatic nitrogens is 1. The molecule has 0 saturated heterocycles. The first kappa shape index (κ1) is 16.4. The third-order valence-electron chi connectivity index (χ3n) is 3.62. The maximum Gasteiger partial charge on any atom is 0.307 e. The number of nitrogens with one attached hydrogen (secondary N) is 1. The summed E-state index contributed by atoms with van der Waals surface area (Å²) >= 11 is 0.998. The maximum absolute atomic E-state index is 12.5. The summed E-state index contributed by atoms with van der Waals surface area (Å²) < 4.78 is 29.5. The van der Waals surface area contributed by atoms with Crippen LogP contribution in [0.1, 0.15) is 17.3 Å². The van der Waals surface area contributed by atoms with Crippen LogP contribution in [0.4, 0.5) is 5.69 Å². The van der Waals surface area contributed by atoms with E-state index in [0.29, 0.717) is 21.5 Å². The fourth-order valence-electron chi connectivity index (χ4n) is 2.27. The summed E-state index contributed by atoms with van der Waals surface area (Å²) in [7, 11) is -2.14. The molecule has 1 heterocycles. The topological polar surface area (TPSA) is 85.2 Å². The van der Waals surface area contributed by atoms with E-state index >= 15 is 0 Å². The highest BCUT2D eigenvalue weighted by atomic mass is 32.2. The third kappa shape index (κ3) is 2.98. The minimum absolute atomic E-state index is 0.0764. The van der Waals surface area contributed by atoms with Crippen molar-refractivity contribution in [2.45, 2.75) is 11.8 Å². The van der Waals surface area contributed by atoms with E-state index in [4.69, 9.17) is 0 Å². The number of rotatable bonds is 4. The SMILES string of the molecule is CC(=O)c1ccc(NS(=O)(=O)c2ccc3c(c2)sc(=O)n3C)cc1. The molecule has 3 rings (SSSR count). The van der Waals surface area contributed by atoms with Crippen LogP contribution < -0.4 is 9.60 Å². The molecule has 0 radical (unpaired) electrons. The van der Waals surface area contributed by atoms with Gasteiger partial charge in [0.25, 0.3) is 10.0 Å². The molecule has 24 heavy (non-hydrogen) atoms. The number of carbonyl (C=O) groups is 1. The maximum atomic E-state index is 12.5. The van der Waals surface area contributed by atoms with Crippen molar-refractivity contribution in [1.29, 1.82) is 0 Å². The summed E-state index contributed by atoms with van der Waals surface area (Å²) in [6.07, 6.45) is 0. The molecule has 0 amide bonds. The monoisotopic (exact) mass is 362 g/mol. The van der Waals surface area contributed by atoms with Gasteiger partial charge in [-0.05, 0) is 49.4 Å². The van der Waals surface area contributed by atoms with E-state index in [-0.39, 0.29) is 15.6 Å². The molecule has 0 aliphatic heterocycles. The molecule has 0 saturated carbocycles. The van der Waals surface area contributed by atoms with Gasteiger partial charge in [0.15, 0.2) is 5.78 Å². The molecule has 3 aromatic rings. The fraction of sp³-hybridized carbons (Fsp3) is 0.125. The predicted molar refractivity (Wildman–Crippen MR) is 94.3 cm³/mol. The van der Waals surface area contributed by atoms with Gasteiger partial charge < -0.3 is 4.57 Å². The van der Waals surface area contributed by atoms with Crippen molar-refractivity contribution in [3.05, 3.63) is 57.7 Å². The van der Waals surface area contributed by atoms with Crippen LogP contribution in [-0.2, 0) is 17.1 Å². The second-order valence-electron chi connectivity index (χ2n) is 5.30. The van der Waals surface area contributed by atoms with Gasteiger partial charge in [-0.2, -0.15) is 0 Å². The van der Waals surface area contributed by atoms with Crippen molar-refractivity contribution in [3.63, 3.8) is 0 Å². The molecular formula is C16H14N2O4S2. The van der Waals surface area contributed by atoms with Gasteiger partial charge in [0, 0.05) is 18.3 Å². The van der Waals surface area contributed by atoms with Gasteiger partial charge in [-0.1, -0.05) is 11.3 Å². The first-order valence-electron chi connectivity index (χ1n) is 7.01. The zero-order valence-corrected chi connectivity index (χ0v) is 14.6. The molecule has 2 aromatic carbocycles. The Morgan fingerprint density at radius 3 is 2.42 bits per heavy atom. The Morgan fingerprint density at radius 2 is 1.79 bits per heavy atom. The molecule has 0 bridgehead atoms. The van der Waals surface area contributed by atoms with Gasteiger partial charge in [0.1, 0.15) is 0 Å². The molecule has 0 aliphatic rings.